The smallest absolute Gasteiger partial charge is 0.227 e. The van der Waals surface area contributed by atoms with Crippen LogP contribution in [-0.4, -0.2) is 42.8 Å². The Morgan fingerprint density at radius 3 is 2.74 bits per heavy atom. The van der Waals surface area contributed by atoms with Gasteiger partial charge in [0, 0.05) is 25.4 Å². The first-order chi connectivity index (χ1) is 8.99. The number of amides is 1. The normalized spacial score (nSPS) is 10.7. The minimum atomic E-state index is 0.0376. The van der Waals surface area contributed by atoms with Crippen molar-refractivity contribution in [1.82, 2.24) is 29.9 Å². The fourth-order valence-electron chi connectivity index (χ4n) is 1.98. The summed E-state index contributed by atoms with van der Waals surface area (Å²) in [6.07, 6.45) is 1.79. The third-order valence-corrected chi connectivity index (χ3v) is 3.26. The van der Waals surface area contributed by atoms with Gasteiger partial charge in [-0.2, -0.15) is 10.2 Å². The number of H-pyrrole nitrogens is 1. The minimum absolute atomic E-state index is 0.0376. The first kappa shape index (κ1) is 13.3. The summed E-state index contributed by atoms with van der Waals surface area (Å²) in [6, 6.07) is 0. The second kappa shape index (κ2) is 5.21. The average molecular weight is 262 g/mol. The molecular weight excluding hydrogens is 244 g/mol. The highest BCUT2D eigenvalue weighted by Crippen LogP contribution is 2.13. The van der Waals surface area contributed by atoms with Crippen molar-refractivity contribution in [2.75, 3.05) is 7.05 Å². The van der Waals surface area contributed by atoms with Crippen molar-refractivity contribution in [2.45, 2.75) is 26.8 Å². The Morgan fingerprint density at radius 1 is 1.47 bits per heavy atom. The van der Waals surface area contributed by atoms with Crippen molar-refractivity contribution in [2.24, 2.45) is 7.05 Å². The Morgan fingerprint density at radius 2 is 2.21 bits per heavy atom. The molecule has 102 valence electrons. The number of hydrogen-bond acceptors (Lipinski definition) is 4. The first-order valence-electron chi connectivity index (χ1n) is 6.06. The fourth-order valence-corrected chi connectivity index (χ4v) is 1.98. The number of nitrogens with one attached hydrogen (secondary N) is 1. The van der Waals surface area contributed by atoms with Gasteiger partial charge in [0.05, 0.1) is 18.7 Å². The lowest BCUT2D eigenvalue weighted by Gasteiger charge is -2.15. The Bertz CT molecular complexity index is 571. The summed E-state index contributed by atoms with van der Waals surface area (Å²) in [5.74, 6) is 0.714. The topological polar surface area (TPSA) is 79.7 Å². The maximum Gasteiger partial charge on any atom is 0.227 e. The number of aryl methyl sites for hydroxylation is 2. The molecule has 19 heavy (non-hydrogen) atoms. The van der Waals surface area contributed by atoms with Crippen LogP contribution in [0.25, 0.3) is 0 Å². The van der Waals surface area contributed by atoms with E-state index in [1.807, 2.05) is 20.9 Å². The fraction of sp³-hybridized carbons (Fsp3) is 0.500. The van der Waals surface area contributed by atoms with E-state index in [2.05, 4.69) is 20.3 Å². The van der Waals surface area contributed by atoms with Crippen molar-refractivity contribution < 1.29 is 4.79 Å². The van der Waals surface area contributed by atoms with Gasteiger partial charge >= 0.3 is 0 Å². The highest BCUT2D eigenvalue weighted by molar-refractivity contribution is 5.79. The van der Waals surface area contributed by atoms with Crippen molar-refractivity contribution in [3.63, 3.8) is 0 Å². The molecule has 0 aliphatic carbocycles. The summed E-state index contributed by atoms with van der Waals surface area (Å²) in [6.45, 7) is 4.32. The van der Waals surface area contributed by atoms with Crippen molar-refractivity contribution >= 4 is 5.91 Å². The third-order valence-electron chi connectivity index (χ3n) is 3.26. The van der Waals surface area contributed by atoms with Crippen LogP contribution in [0.1, 0.15) is 22.8 Å². The predicted molar refractivity (Wildman–Crippen MR) is 69.2 cm³/mol. The van der Waals surface area contributed by atoms with Crippen LogP contribution in [0.3, 0.4) is 0 Å². The molecule has 0 radical (unpaired) electrons. The molecule has 0 aromatic carbocycles. The number of hydrogen-bond donors (Lipinski definition) is 1. The molecule has 0 atom stereocenters. The standard InChI is InChI=1S/C12H18N6O/c1-8-10(9(2)18(4)16-8)5-12(19)17(3)6-11-13-7-14-15-11/h7H,5-6H2,1-4H3,(H,13,14,15). The van der Waals surface area contributed by atoms with Crippen LogP contribution in [0.5, 0.6) is 0 Å². The van der Waals surface area contributed by atoms with Crippen LogP contribution in [-0.2, 0) is 24.8 Å². The SMILES string of the molecule is Cc1nn(C)c(C)c1CC(=O)N(C)Cc1ncn[nH]1. The summed E-state index contributed by atoms with van der Waals surface area (Å²) in [5.41, 5.74) is 2.93. The van der Waals surface area contributed by atoms with E-state index in [4.69, 9.17) is 0 Å². The molecule has 1 amide bonds. The Labute approximate surface area is 111 Å². The van der Waals surface area contributed by atoms with Gasteiger partial charge in [0.2, 0.25) is 5.91 Å². The maximum atomic E-state index is 12.2. The molecule has 0 aliphatic rings. The van der Waals surface area contributed by atoms with Gasteiger partial charge in [0.1, 0.15) is 12.2 Å². The monoisotopic (exact) mass is 262 g/mol. The van der Waals surface area contributed by atoms with Gasteiger partial charge in [-0.25, -0.2) is 4.98 Å². The van der Waals surface area contributed by atoms with E-state index in [-0.39, 0.29) is 5.91 Å². The number of aromatic nitrogens is 5. The van der Waals surface area contributed by atoms with E-state index < -0.39 is 0 Å². The Kier molecular flexibility index (Phi) is 3.64. The number of carbonyl (C=O) groups excluding carboxylic acids is 1. The van der Waals surface area contributed by atoms with Gasteiger partial charge in [0.15, 0.2) is 0 Å². The summed E-state index contributed by atoms with van der Waals surface area (Å²) in [5, 5.41) is 10.8. The number of likely N-dealkylation sites (N-methyl/N-ethyl adjacent to an activating group) is 1. The lowest BCUT2D eigenvalue weighted by Crippen LogP contribution is -2.28. The van der Waals surface area contributed by atoms with E-state index in [1.54, 1.807) is 16.6 Å². The third kappa shape index (κ3) is 2.81. The molecule has 0 saturated carbocycles. The van der Waals surface area contributed by atoms with Gasteiger partial charge in [-0.05, 0) is 13.8 Å². The Hall–Kier alpha value is -2.18. The summed E-state index contributed by atoms with van der Waals surface area (Å²) in [4.78, 5) is 17.8. The van der Waals surface area contributed by atoms with Crippen molar-refractivity contribution in [3.8, 4) is 0 Å². The highest BCUT2D eigenvalue weighted by atomic mass is 16.2. The molecule has 0 saturated heterocycles. The number of carbonyl (C=O) groups is 1. The molecule has 0 aliphatic heterocycles. The largest absolute Gasteiger partial charge is 0.338 e. The molecule has 2 rings (SSSR count). The molecule has 0 fully saturated rings. The molecular formula is C12H18N6O. The second-order valence-corrected chi connectivity index (χ2v) is 4.63. The zero-order valence-electron chi connectivity index (χ0n) is 11.6. The lowest BCUT2D eigenvalue weighted by atomic mass is 10.1. The summed E-state index contributed by atoms with van der Waals surface area (Å²) in [7, 11) is 3.64. The van der Waals surface area contributed by atoms with E-state index >= 15 is 0 Å². The molecule has 1 N–H and O–H groups in total. The zero-order chi connectivity index (χ0) is 14.0. The number of rotatable bonds is 4. The predicted octanol–water partition coefficient (Wildman–Crippen LogP) is 0.356. The summed E-state index contributed by atoms with van der Waals surface area (Å²) >= 11 is 0. The zero-order valence-corrected chi connectivity index (χ0v) is 11.6. The van der Waals surface area contributed by atoms with Crippen molar-refractivity contribution in [3.05, 3.63) is 29.1 Å². The molecule has 0 bridgehead atoms. The van der Waals surface area contributed by atoms with E-state index in [0.29, 0.717) is 18.8 Å². The van der Waals surface area contributed by atoms with Crippen LogP contribution < -0.4 is 0 Å². The van der Waals surface area contributed by atoms with Gasteiger partial charge in [-0.3, -0.25) is 14.6 Å². The highest BCUT2D eigenvalue weighted by Gasteiger charge is 2.17. The average Bonchev–Trinajstić information content (AvgIpc) is 2.94. The summed E-state index contributed by atoms with van der Waals surface area (Å²) < 4.78 is 1.80. The molecule has 2 aromatic heterocycles. The molecule has 7 nitrogen and oxygen atoms in total. The van der Waals surface area contributed by atoms with Crippen LogP contribution in [0.2, 0.25) is 0 Å². The van der Waals surface area contributed by atoms with E-state index in [9.17, 15) is 4.79 Å². The minimum Gasteiger partial charge on any atom is -0.338 e. The van der Waals surface area contributed by atoms with Gasteiger partial charge in [-0.15, -0.1) is 0 Å². The van der Waals surface area contributed by atoms with Crippen LogP contribution in [0, 0.1) is 13.8 Å². The van der Waals surface area contributed by atoms with Crippen LogP contribution >= 0.6 is 0 Å². The first-order valence-corrected chi connectivity index (χ1v) is 6.06. The lowest BCUT2D eigenvalue weighted by molar-refractivity contribution is -0.129. The van der Waals surface area contributed by atoms with Gasteiger partial charge < -0.3 is 4.90 Å². The number of nitrogens with zero attached hydrogens (tertiary/aromatic N) is 5. The quantitative estimate of drug-likeness (QED) is 0.862. The maximum absolute atomic E-state index is 12.2. The van der Waals surface area contributed by atoms with Gasteiger partial charge in [0.25, 0.3) is 0 Å². The second-order valence-electron chi connectivity index (χ2n) is 4.63. The van der Waals surface area contributed by atoms with Crippen molar-refractivity contribution in [1.29, 1.82) is 0 Å². The Balaban J connectivity index is 2.04. The molecule has 2 heterocycles. The van der Waals surface area contributed by atoms with E-state index in [1.165, 1.54) is 6.33 Å². The van der Waals surface area contributed by atoms with Gasteiger partial charge in [-0.1, -0.05) is 0 Å². The number of aromatic amines is 1. The van der Waals surface area contributed by atoms with Crippen LogP contribution in [0.4, 0.5) is 0 Å². The van der Waals surface area contributed by atoms with Crippen LogP contribution in [0.15, 0.2) is 6.33 Å². The molecule has 0 unspecified atom stereocenters. The molecule has 2 aromatic rings. The molecule has 0 spiro atoms. The molecule has 7 heteroatoms. The van der Waals surface area contributed by atoms with E-state index in [0.717, 1.165) is 17.0 Å².